The van der Waals surface area contributed by atoms with E-state index in [1.54, 1.807) is 12.1 Å². The normalized spacial score (nSPS) is 25.8. The van der Waals surface area contributed by atoms with Gasteiger partial charge in [-0.05, 0) is 49.5 Å². The molecule has 18 heavy (non-hydrogen) atoms. The Kier molecular flexibility index (Phi) is 5.14. The minimum absolute atomic E-state index is 0. The van der Waals surface area contributed by atoms with E-state index in [1.807, 2.05) is 6.07 Å². The lowest BCUT2D eigenvalue weighted by Gasteiger charge is -2.27. The standard InChI is InChI=1S/C14H21FN2.ClH/c1-11(12-4-3-5-13(15)8-12)17-7-6-14(2,9-16)10-17;/h3-5,8,11H,6-7,9-10,16H2,1-2H3;1H. The van der Waals surface area contributed by atoms with Crippen molar-refractivity contribution in [3.8, 4) is 0 Å². The molecule has 0 spiro atoms. The van der Waals surface area contributed by atoms with Crippen molar-refractivity contribution >= 4 is 12.4 Å². The summed E-state index contributed by atoms with van der Waals surface area (Å²) in [6.45, 7) is 7.13. The minimum atomic E-state index is -0.157. The summed E-state index contributed by atoms with van der Waals surface area (Å²) in [7, 11) is 0. The molecule has 1 aliphatic rings. The maximum absolute atomic E-state index is 13.2. The molecular weight excluding hydrogens is 251 g/mol. The molecule has 2 rings (SSSR count). The van der Waals surface area contributed by atoms with Crippen LogP contribution in [0.25, 0.3) is 0 Å². The van der Waals surface area contributed by atoms with Crippen LogP contribution in [0, 0.1) is 11.2 Å². The van der Waals surface area contributed by atoms with Crippen molar-refractivity contribution in [3.63, 3.8) is 0 Å². The van der Waals surface area contributed by atoms with Gasteiger partial charge >= 0.3 is 0 Å². The van der Waals surface area contributed by atoms with Crippen LogP contribution >= 0.6 is 12.4 Å². The molecule has 2 N–H and O–H groups in total. The van der Waals surface area contributed by atoms with Crippen molar-refractivity contribution in [2.24, 2.45) is 11.1 Å². The minimum Gasteiger partial charge on any atom is -0.330 e. The summed E-state index contributed by atoms with van der Waals surface area (Å²) in [5.74, 6) is -0.157. The van der Waals surface area contributed by atoms with Crippen LogP contribution in [0.4, 0.5) is 4.39 Å². The van der Waals surface area contributed by atoms with Crippen LogP contribution in [0.3, 0.4) is 0 Å². The number of hydrogen-bond acceptors (Lipinski definition) is 2. The number of likely N-dealkylation sites (tertiary alicyclic amines) is 1. The van der Waals surface area contributed by atoms with Gasteiger partial charge in [0.25, 0.3) is 0 Å². The van der Waals surface area contributed by atoms with Crippen LogP contribution in [0.2, 0.25) is 0 Å². The Bertz CT molecular complexity index is 399. The van der Waals surface area contributed by atoms with Crippen LogP contribution in [-0.4, -0.2) is 24.5 Å². The highest BCUT2D eigenvalue weighted by molar-refractivity contribution is 5.85. The van der Waals surface area contributed by atoms with Gasteiger partial charge in [0.05, 0.1) is 0 Å². The molecule has 0 aliphatic carbocycles. The van der Waals surface area contributed by atoms with Gasteiger partial charge in [-0.1, -0.05) is 19.1 Å². The maximum atomic E-state index is 13.2. The maximum Gasteiger partial charge on any atom is 0.123 e. The van der Waals surface area contributed by atoms with Gasteiger partial charge in [0.1, 0.15) is 5.82 Å². The average Bonchev–Trinajstić information content (AvgIpc) is 2.72. The molecule has 0 aromatic heterocycles. The molecule has 2 atom stereocenters. The second-order valence-electron chi connectivity index (χ2n) is 5.47. The summed E-state index contributed by atoms with van der Waals surface area (Å²) >= 11 is 0. The van der Waals surface area contributed by atoms with Crippen LogP contribution in [-0.2, 0) is 0 Å². The lowest BCUT2D eigenvalue weighted by molar-refractivity contribution is 0.227. The topological polar surface area (TPSA) is 29.3 Å². The lowest BCUT2D eigenvalue weighted by Crippen LogP contribution is -2.32. The SMILES string of the molecule is CC(c1cccc(F)c1)N1CCC(C)(CN)C1.Cl. The van der Waals surface area contributed by atoms with E-state index in [0.717, 1.165) is 31.6 Å². The molecular formula is C14H22ClFN2. The fraction of sp³-hybridized carbons (Fsp3) is 0.571. The van der Waals surface area contributed by atoms with Gasteiger partial charge in [-0.3, -0.25) is 4.90 Å². The number of halogens is 2. The lowest BCUT2D eigenvalue weighted by atomic mass is 9.90. The average molecular weight is 273 g/mol. The molecule has 1 aromatic rings. The molecule has 4 heteroatoms. The Morgan fingerprint density at radius 3 is 2.78 bits per heavy atom. The molecule has 1 aromatic carbocycles. The van der Waals surface area contributed by atoms with Gasteiger partial charge in [0.2, 0.25) is 0 Å². The van der Waals surface area contributed by atoms with E-state index < -0.39 is 0 Å². The Hall–Kier alpha value is -0.640. The van der Waals surface area contributed by atoms with Gasteiger partial charge in [0, 0.05) is 12.6 Å². The predicted molar refractivity (Wildman–Crippen MR) is 75.4 cm³/mol. The highest BCUT2D eigenvalue weighted by atomic mass is 35.5. The molecule has 0 bridgehead atoms. The Balaban J connectivity index is 0.00000162. The molecule has 102 valence electrons. The summed E-state index contributed by atoms with van der Waals surface area (Å²) < 4.78 is 13.2. The summed E-state index contributed by atoms with van der Waals surface area (Å²) in [4.78, 5) is 2.39. The molecule has 0 radical (unpaired) electrons. The molecule has 2 nitrogen and oxygen atoms in total. The van der Waals surface area contributed by atoms with Gasteiger partial charge in [-0.25, -0.2) is 4.39 Å². The first-order valence-corrected chi connectivity index (χ1v) is 6.24. The highest BCUT2D eigenvalue weighted by Crippen LogP contribution is 2.34. The molecule has 2 unspecified atom stereocenters. The van der Waals surface area contributed by atoms with E-state index in [-0.39, 0.29) is 29.7 Å². The van der Waals surface area contributed by atoms with Crippen molar-refractivity contribution in [2.45, 2.75) is 26.3 Å². The Morgan fingerprint density at radius 2 is 2.22 bits per heavy atom. The van der Waals surface area contributed by atoms with E-state index in [0.29, 0.717) is 0 Å². The van der Waals surface area contributed by atoms with Crippen LogP contribution < -0.4 is 5.73 Å². The van der Waals surface area contributed by atoms with Gasteiger partial charge in [0.15, 0.2) is 0 Å². The Morgan fingerprint density at radius 1 is 1.50 bits per heavy atom. The summed E-state index contributed by atoms with van der Waals surface area (Å²) in [6, 6.07) is 7.15. The monoisotopic (exact) mass is 272 g/mol. The smallest absolute Gasteiger partial charge is 0.123 e. The second kappa shape index (κ2) is 6.00. The van der Waals surface area contributed by atoms with E-state index in [4.69, 9.17) is 5.73 Å². The number of nitrogens with two attached hydrogens (primary N) is 1. The van der Waals surface area contributed by atoms with Crippen molar-refractivity contribution in [1.29, 1.82) is 0 Å². The summed E-state index contributed by atoms with van der Waals surface area (Å²) in [5.41, 5.74) is 7.08. The van der Waals surface area contributed by atoms with Crippen LogP contribution in [0.1, 0.15) is 31.9 Å². The zero-order chi connectivity index (χ0) is 12.5. The summed E-state index contributed by atoms with van der Waals surface area (Å²) in [6.07, 6.45) is 1.13. The van der Waals surface area contributed by atoms with Crippen molar-refractivity contribution in [2.75, 3.05) is 19.6 Å². The fourth-order valence-electron chi connectivity index (χ4n) is 2.54. The second-order valence-corrected chi connectivity index (χ2v) is 5.47. The third-order valence-electron chi connectivity index (χ3n) is 3.96. The molecule has 1 fully saturated rings. The fourth-order valence-corrected chi connectivity index (χ4v) is 2.54. The first-order valence-electron chi connectivity index (χ1n) is 6.24. The van der Waals surface area contributed by atoms with E-state index in [1.165, 1.54) is 6.07 Å². The molecule has 1 heterocycles. The summed E-state index contributed by atoms with van der Waals surface area (Å²) in [5, 5.41) is 0. The number of rotatable bonds is 3. The number of benzene rings is 1. The third kappa shape index (κ3) is 3.22. The molecule has 0 saturated carbocycles. The first kappa shape index (κ1) is 15.4. The molecule has 1 aliphatic heterocycles. The zero-order valence-electron chi connectivity index (χ0n) is 11.0. The van der Waals surface area contributed by atoms with Gasteiger partial charge in [-0.2, -0.15) is 0 Å². The molecule has 0 amide bonds. The highest BCUT2D eigenvalue weighted by Gasteiger charge is 2.34. The van der Waals surface area contributed by atoms with E-state index in [2.05, 4.69) is 18.7 Å². The molecule has 1 saturated heterocycles. The van der Waals surface area contributed by atoms with Gasteiger partial charge in [-0.15, -0.1) is 12.4 Å². The Labute approximate surface area is 115 Å². The van der Waals surface area contributed by atoms with Crippen molar-refractivity contribution in [1.82, 2.24) is 4.90 Å². The van der Waals surface area contributed by atoms with Crippen molar-refractivity contribution in [3.05, 3.63) is 35.6 Å². The van der Waals surface area contributed by atoms with Crippen molar-refractivity contribution < 1.29 is 4.39 Å². The predicted octanol–water partition coefficient (Wildman–Crippen LogP) is 2.98. The van der Waals surface area contributed by atoms with Crippen LogP contribution in [0.15, 0.2) is 24.3 Å². The number of hydrogen-bond donors (Lipinski definition) is 1. The quantitative estimate of drug-likeness (QED) is 0.917. The largest absolute Gasteiger partial charge is 0.330 e. The van der Waals surface area contributed by atoms with E-state index in [9.17, 15) is 4.39 Å². The first-order chi connectivity index (χ1) is 8.04. The zero-order valence-corrected chi connectivity index (χ0v) is 11.8. The number of nitrogens with zero attached hydrogens (tertiary/aromatic N) is 1. The third-order valence-corrected chi connectivity index (χ3v) is 3.96. The van der Waals surface area contributed by atoms with Gasteiger partial charge < -0.3 is 5.73 Å². The van der Waals surface area contributed by atoms with E-state index >= 15 is 0 Å². The van der Waals surface area contributed by atoms with Crippen LogP contribution in [0.5, 0.6) is 0 Å².